The van der Waals surface area contributed by atoms with Crippen molar-refractivity contribution in [1.29, 1.82) is 0 Å². The summed E-state index contributed by atoms with van der Waals surface area (Å²) in [5.41, 5.74) is 2.51. The molecule has 0 fully saturated rings. The van der Waals surface area contributed by atoms with Gasteiger partial charge in [-0.05, 0) is 42.3 Å². The van der Waals surface area contributed by atoms with Crippen molar-refractivity contribution in [3.05, 3.63) is 58.6 Å². The summed E-state index contributed by atoms with van der Waals surface area (Å²) in [6, 6.07) is 12.7. The lowest BCUT2D eigenvalue weighted by Gasteiger charge is -2.34. The average Bonchev–Trinajstić information content (AvgIpc) is 2.52. The van der Waals surface area contributed by atoms with Crippen LogP contribution >= 0.6 is 11.6 Å². The molecule has 5 nitrogen and oxygen atoms in total. The van der Waals surface area contributed by atoms with Gasteiger partial charge in [0, 0.05) is 5.02 Å². The van der Waals surface area contributed by atoms with Crippen molar-refractivity contribution in [1.82, 2.24) is 0 Å². The summed E-state index contributed by atoms with van der Waals surface area (Å²) in [6.07, 6.45) is -1.40. The molecule has 0 aromatic heterocycles. The zero-order valence-corrected chi connectivity index (χ0v) is 13.8. The molecule has 0 spiro atoms. The quantitative estimate of drug-likeness (QED) is 0.922. The lowest BCUT2D eigenvalue weighted by atomic mass is 10.1. The summed E-state index contributed by atoms with van der Waals surface area (Å²) in [7, 11) is 0. The van der Waals surface area contributed by atoms with Gasteiger partial charge in [0.15, 0.2) is 6.10 Å². The summed E-state index contributed by atoms with van der Waals surface area (Å²) in [6.45, 7) is 2.24. The highest BCUT2D eigenvalue weighted by atomic mass is 35.5. The van der Waals surface area contributed by atoms with E-state index in [-0.39, 0.29) is 12.3 Å². The van der Waals surface area contributed by atoms with E-state index in [4.69, 9.17) is 21.4 Å². The molecule has 2 aromatic carbocycles. The number of hydrogen-bond donors (Lipinski definition) is 1. The lowest BCUT2D eigenvalue weighted by molar-refractivity contribution is -0.142. The van der Waals surface area contributed by atoms with Crippen molar-refractivity contribution >= 4 is 29.2 Å². The molecule has 3 rings (SSSR count). The fourth-order valence-corrected chi connectivity index (χ4v) is 2.78. The molecule has 0 radical (unpaired) electrons. The fourth-order valence-electron chi connectivity index (χ4n) is 2.66. The van der Waals surface area contributed by atoms with Gasteiger partial charge in [-0.2, -0.15) is 0 Å². The highest BCUT2D eigenvalue weighted by molar-refractivity contribution is 6.30. The Labute approximate surface area is 144 Å². The molecule has 1 aliphatic heterocycles. The maximum atomic E-state index is 12.7. The van der Waals surface area contributed by atoms with Crippen LogP contribution in [0.15, 0.2) is 42.5 Å². The summed E-state index contributed by atoms with van der Waals surface area (Å²) in [5.74, 6) is -0.908. The number of amides is 1. The second kappa shape index (κ2) is 6.53. The molecule has 0 saturated carbocycles. The molecular weight excluding hydrogens is 330 g/mol. The fraction of sp³-hybridized carbons (Fsp3) is 0.222. The number of fused-ring (bicyclic) bond motifs is 1. The zero-order chi connectivity index (χ0) is 17.3. The molecule has 0 saturated heterocycles. The normalized spacial score (nSPS) is 16.5. The van der Waals surface area contributed by atoms with Gasteiger partial charge in [0.05, 0.1) is 18.7 Å². The number of hydrogen-bond acceptors (Lipinski definition) is 3. The third-order valence-electron chi connectivity index (χ3n) is 3.83. The smallest absolute Gasteiger partial charge is 0.307 e. The number of anilines is 1. The minimum Gasteiger partial charge on any atom is -0.481 e. The summed E-state index contributed by atoms with van der Waals surface area (Å²) in [4.78, 5) is 25.3. The zero-order valence-electron chi connectivity index (χ0n) is 13.0. The molecule has 6 heteroatoms. The third-order valence-corrected chi connectivity index (χ3v) is 4.08. The summed E-state index contributed by atoms with van der Waals surface area (Å²) in [5, 5.41) is 9.64. The number of carboxylic acids is 1. The van der Waals surface area contributed by atoms with E-state index in [0.717, 1.165) is 11.1 Å². The van der Waals surface area contributed by atoms with Crippen LogP contribution in [0.2, 0.25) is 5.02 Å². The second-order valence-corrected chi connectivity index (χ2v) is 6.16. The van der Waals surface area contributed by atoms with Gasteiger partial charge in [0.2, 0.25) is 0 Å². The predicted molar refractivity (Wildman–Crippen MR) is 90.5 cm³/mol. The molecule has 1 unspecified atom stereocenters. The largest absolute Gasteiger partial charge is 0.481 e. The summed E-state index contributed by atoms with van der Waals surface area (Å²) < 4.78 is 5.63. The van der Waals surface area contributed by atoms with Crippen LogP contribution in [0.5, 0.6) is 5.75 Å². The molecule has 24 heavy (non-hydrogen) atoms. The molecule has 1 N–H and O–H groups in total. The number of nitrogens with zero attached hydrogens (tertiary/aromatic N) is 1. The number of halogens is 1. The minimum absolute atomic E-state index is 0.325. The number of benzene rings is 2. The highest BCUT2D eigenvalue weighted by Gasteiger charge is 2.35. The third kappa shape index (κ3) is 3.36. The Morgan fingerprint density at radius 2 is 1.96 bits per heavy atom. The van der Waals surface area contributed by atoms with Crippen molar-refractivity contribution in [3.8, 4) is 5.75 Å². The van der Waals surface area contributed by atoms with Gasteiger partial charge >= 0.3 is 5.97 Å². The van der Waals surface area contributed by atoms with E-state index in [0.29, 0.717) is 23.0 Å². The van der Waals surface area contributed by atoms with Crippen molar-refractivity contribution in [2.45, 2.75) is 26.0 Å². The van der Waals surface area contributed by atoms with Gasteiger partial charge in [-0.15, -0.1) is 0 Å². The second-order valence-electron chi connectivity index (χ2n) is 5.73. The van der Waals surface area contributed by atoms with Crippen LogP contribution in [0, 0.1) is 6.92 Å². The molecule has 1 heterocycles. The number of carboxylic acid groups (broad SMARTS) is 1. The number of carbonyl (C=O) groups excluding carboxylic acids is 1. The standard InChI is InChI=1S/C18H16ClNO4/c1-11-2-7-14-15(8-11)24-16(9-17(21)22)18(23)20(14)10-12-3-5-13(19)6-4-12/h2-8,16H,9-10H2,1H3,(H,21,22). The minimum atomic E-state index is -1.07. The van der Waals surface area contributed by atoms with Gasteiger partial charge in [0.1, 0.15) is 5.75 Å². The van der Waals surface area contributed by atoms with Gasteiger partial charge in [0.25, 0.3) is 5.91 Å². The molecular formula is C18H16ClNO4. The first-order chi connectivity index (χ1) is 11.4. The number of aryl methyl sites for hydroxylation is 1. The van der Waals surface area contributed by atoms with Gasteiger partial charge < -0.3 is 14.7 Å². The van der Waals surface area contributed by atoms with Crippen molar-refractivity contribution in [2.24, 2.45) is 0 Å². The molecule has 1 aliphatic rings. The van der Waals surface area contributed by atoms with Crippen molar-refractivity contribution in [2.75, 3.05) is 4.90 Å². The Hall–Kier alpha value is -2.53. The molecule has 124 valence electrons. The van der Waals surface area contributed by atoms with Crippen LogP contribution in [0.3, 0.4) is 0 Å². The van der Waals surface area contributed by atoms with E-state index in [9.17, 15) is 9.59 Å². The van der Waals surface area contributed by atoms with Crippen molar-refractivity contribution < 1.29 is 19.4 Å². The van der Waals surface area contributed by atoms with Gasteiger partial charge in [-0.3, -0.25) is 9.59 Å². The van der Waals surface area contributed by atoms with E-state index in [1.54, 1.807) is 17.0 Å². The van der Waals surface area contributed by atoms with E-state index in [1.807, 2.05) is 37.3 Å². The van der Waals surface area contributed by atoms with Crippen LogP contribution in [-0.4, -0.2) is 23.1 Å². The molecule has 1 atom stereocenters. The SMILES string of the molecule is Cc1ccc2c(c1)OC(CC(=O)O)C(=O)N2Cc1ccc(Cl)cc1. The molecule has 1 amide bonds. The Morgan fingerprint density at radius 1 is 1.25 bits per heavy atom. The van der Waals surface area contributed by atoms with Crippen molar-refractivity contribution in [3.63, 3.8) is 0 Å². The predicted octanol–water partition coefficient (Wildman–Crippen LogP) is 3.42. The van der Waals surface area contributed by atoms with Crippen LogP contribution in [0.1, 0.15) is 17.5 Å². The monoisotopic (exact) mass is 345 g/mol. The Balaban J connectivity index is 1.96. The van der Waals surface area contributed by atoms with Crippen LogP contribution in [-0.2, 0) is 16.1 Å². The lowest BCUT2D eigenvalue weighted by Crippen LogP contribution is -2.46. The number of rotatable bonds is 4. The molecule has 0 aliphatic carbocycles. The Kier molecular flexibility index (Phi) is 4.44. The maximum absolute atomic E-state index is 12.7. The molecule has 0 bridgehead atoms. The first kappa shape index (κ1) is 16.3. The van der Waals surface area contributed by atoms with Gasteiger partial charge in [-0.1, -0.05) is 29.8 Å². The van der Waals surface area contributed by atoms with Crippen LogP contribution in [0.25, 0.3) is 0 Å². The Bertz CT molecular complexity index is 788. The first-order valence-electron chi connectivity index (χ1n) is 7.49. The van der Waals surface area contributed by atoms with E-state index in [2.05, 4.69) is 0 Å². The van der Waals surface area contributed by atoms with Crippen LogP contribution in [0.4, 0.5) is 5.69 Å². The number of carbonyl (C=O) groups is 2. The number of ether oxygens (including phenoxy) is 1. The van der Waals surface area contributed by atoms with Gasteiger partial charge in [-0.25, -0.2) is 0 Å². The number of aliphatic carboxylic acids is 1. The van der Waals surface area contributed by atoms with Crippen LogP contribution < -0.4 is 9.64 Å². The topological polar surface area (TPSA) is 66.8 Å². The summed E-state index contributed by atoms with van der Waals surface area (Å²) >= 11 is 5.90. The van der Waals surface area contributed by atoms with E-state index >= 15 is 0 Å². The Morgan fingerprint density at radius 3 is 2.62 bits per heavy atom. The molecule has 2 aromatic rings. The van der Waals surface area contributed by atoms with E-state index < -0.39 is 12.1 Å². The maximum Gasteiger partial charge on any atom is 0.307 e. The van der Waals surface area contributed by atoms with E-state index in [1.165, 1.54) is 0 Å². The average molecular weight is 346 g/mol. The first-order valence-corrected chi connectivity index (χ1v) is 7.87. The highest BCUT2D eigenvalue weighted by Crippen LogP contribution is 2.36.